The molecule has 2 aliphatic rings. The predicted molar refractivity (Wildman–Crippen MR) is 108 cm³/mol. The van der Waals surface area contributed by atoms with Gasteiger partial charge in [-0.1, -0.05) is 12.1 Å². The first-order valence-electron chi connectivity index (χ1n) is 9.42. The average Bonchev–Trinajstić information content (AvgIpc) is 3.48. The van der Waals surface area contributed by atoms with Crippen LogP contribution in [-0.4, -0.2) is 34.5 Å². The number of para-hydroxylation sites is 2. The summed E-state index contributed by atoms with van der Waals surface area (Å²) in [6.07, 6.45) is 2.57. The lowest BCUT2D eigenvalue weighted by molar-refractivity contribution is -0.120. The Morgan fingerprint density at radius 2 is 1.89 bits per heavy atom. The summed E-state index contributed by atoms with van der Waals surface area (Å²) >= 11 is 0. The molecule has 1 amide bonds. The molecule has 0 spiro atoms. The Morgan fingerprint density at radius 3 is 2.57 bits per heavy atom. The maximum absolute atomic E-state index is 13.2. The minimum atomic E-state index is -3.76. The number of hydrogen-bond donors (Lipinski definition) is 0. The Morgan fingerprint density at radius 1 is 1.18 bits per heavy atom. The number of rotatable bonds is 5. The molecule has 0 N–H and O–H groups in total. The van der Waals surface area contributed by atoms with Crippen molar-refractivity contribution in [3.63, 3.8) is 0 Å². The summed E-state index contributed by atoms with van der Waals surface area (Å²) in [6.45, 7) is 2.01. The molecule has 2 aromatic carbocycles. The second-order valence-electron chi connectivity index (χ2n) is 7.47. The molecule has 2 aromatic rings. The molecule has 148 valence electrons. The van der Waals surface area contributed by atoms with E-state index in [4.69, 9.17) is 4.74 Å². The highest BCUT2D eigenvalue weighted by atomic mass is 32.2. The van der Waals surface area contributed by atoms with Crippen molar-refractivity contribution < 1.29 is 17.9 Å². The monoisotopic (exact) mass is 400 g/mol. The Bertz CT molecular complexity index is 1030. The molecule has 1 aliphatic heterocycles. The predicted octanol–water partition coefficient (Wildman–Crippen LogP) is 3.21. The molecule has 0 radical (unpaired) electrons. The number of carbonyl (C=O) groups excluding carboxylic acids is 1. The van der Waals surface area contributed by atoms with E-state index < -0.39 is 10.0 Å². The van der Waals surface area contributed by atoms with Gasteiger partial charge in [0, 0.05) is 24.7 Å². The fourth-order valence-corrected chi connectivity index (χ4v) is 5.07. The Kier molecular flexibility index (Phi) is 4.57. The molecule has 1 fully saturated rings. The number of anilines is 2. The van der Waals surface area contributed by atoms with E-state index in [1.165, 1.54) is 18.5 Å². The number of sulfonamides is 1. The molecule has 1 aliphatic carbocycles. The second-order valence-corrected chi connectivity index (χ2v) is 9.44. The molecule has 6 nitrogen and oxygen atoms in total. The molecule has 4 rings (SSSR count). The third-order valence-corrected chi connectivity index (χ3v) is 7.28. The molecule has 1 atom stereocenters. The van der Waals surface area contributed by atoms with E-state index in [0.717, 1.165) is 24.1 Å². The molecule has 1 unspecified atom stereocenters. The summed E-state index contributed by atoms with van der Waals surface area (Å²) in [5, 5.41) is 0. The molecule has 1 saturated carbocycles. The van der Waals surface area contributed by atoms with Gasteiger partial charge in [0.05, 0.1) is 17.7 Å². The number of ether oxygens (including phenoxy) is 1. The zero-order valence-electron chi connectivity index (χ0n) is 16.3. The SMILES string of the molecule is COc1ccccc1N(C)S(=O)(=O)c1ccc2c(c1)CC(C)N2C(=O)C1CC1. The first-order chi connectivity index (χ1) is 13.3. The largest absolute Gasteiger partial charge is 0.495 e. The summed E-state index contributed by atoms with van der Waals surface area (Å²) in [5.41, 5.74) is 2.21. The van der Waals surface area contributed by atoms with Crippen LogP contribution in [0.3, 0.4) is 0 Å². The Hall–Kier alpha value is -2.54. The Labute approximate surface area is 165 Å². The van der Waals surface area contributed by atoms with E-state index >= 15 is 0 Å². The van der Waals surface area contributed by atoms with Crippen LogP contribution < -0.4 is 13.9 Å². The zero-order valence-corrected chi connectivity index (χ0v) is 17.1. The van der Waals surface area contributed by atoms with Crippen molar-refractivity contribution in [3.8, 4) is 5.75 Å². The maximum atomic E-state index is 13.2. The van der Waals surface area contributed by atoms with Crippen LogP contribution >= 0.6 is 0 Å². The molecule has 7 heteroatoms. The molecule has 0 bridgehead atoms. The van der Waals surface area contributed by atoms with E-state index in [2.05, 4.69) is 0 Å². The first-order valence-corrected chi connectivity index (χ1v) is 10.9. The molecule has 1 heterocycles. The fraction of sp³-hybridized carbons (Fsp3) is 0.381. The van der Waals surface area contributed by atoms with Crippen LogP contribution in [0.15, 0.2) is 47.4 Å². The van der Waals surface area contributed by atoms with Crippen molar-refractivity contribution in [1.82, 2.24) is 0 Å². The third-order valence-electron chi connectivity index (χ3n) is 5.51. The van der Waals surface area contributed by atoms with E-state index in [9.17, 15) is 13.2 Å². The van der Waals surface area contributed by atoms with Gasteiger partial charge in [-0.25, -0.2) is 8.42 Å². The average molecular weight is 401 g/mol. The quantitative estimate of drug-likeness (QED) is 0.773. The van der Waals surface area contributed by atoms with Gasteiger partial charge in [-0.15, -0.1) is 0 Å². The normalized spacial score (nSPS) is 18.7. The zero-order chi connectivity index (χ0) is 20.1. The van der Waals surface area contributed by atoms with Gasteiger partial charge in [0.1, 0.15) is 5.75 Å². The molecule has 0 aromatic heterocycles. The van der Waals surface area contributed by atoms with Crippen molar-refractivity contribution in [3.05, 3.63) is 48.0 Å². The van der Waals surface area contributed by atoms with Crippen LogP contribution in [-0.2, 0) is 21.2 Å². The highest BCUT2D eigenvalue weighted by molar-refractivity contribution is 7.92. The number of methoxy groups -OCH3 is 1. The van der Waals surface area contributed by atoms with Crippen LogP contribution in [0.25, 0.3) is 0 Å². The van der Waals surface area contributed by atoms with E-state index in [1.807, 2.05) is 11.8 Å². The lowest BCUT2D eigenvalue weighted by Crippen LogP contribution is -2.36. The van der Waals surface area contributed by atoms with Gasteiger partial charge in [-0.05, 0) is 62.1 Å². The minimum Gasteiger partial charge on any atom is -0.495 e. The van der Waals surface area contributed by atoms with Crippen molar-refractivity contribution >= 4 is 27.3 Å². The molecular formula is C21H24N2O4S. The van der Waals surface area contributed by atoms with Crippen molar-refractivity contribution in [2.75, 3.05) is 23.4 Å². The van der Waals surface area contributed by atoms with Crippen molar-refractivity contribution in [2.24, 2.45) is 5.92 Å². The van der Waals surface area contributed by atoms with Gasteiger partial charge < -0.3 is 9.64 Å². The number of hydrogen-bond acceptors (Lipinski definition) is 4. The number of carbonyl (C=O) groups is 1. The molecule has 0 saturated heterocycles. The van der Waals surface area contributed by atoms with Crippen LogP contribution in [0, 0.1) is 5.92 Å². The topological polar surface area (TPSA) is 66.9 Å². The molecule has 28 heavy (non-hydrogen) atoms. The standard InChI is InChI=1S/C21H24N2O4S/c1-14-12-16-13-17(10-11-18(16)23(14)21(24)15-8-9-15)28(25,26)22(2)19-6-4-5-7-20(19)27-3/h4-7,10-11,13-15H,8-9,12H2,1-3H3. The molecular weight excluding hydrogens is 376 g/mol. The summed E-state index contributed by atoms with van der Waals surface area (Å²) < 4.78 is 33.0. The van der Waals surface area contributed by atoms with Gasteiger partial charge in [0.25, 0.3) is 10.0 Å². The van der Waals surface area contributed by atoms with E-state index in [1.54, 1.807) is 42.5 Å². The summed E-state index contributed by atoms with van der Waals surface area (Å²) in [7, 11) is -0.720. The maximum Gasteiger partial charge on any atom is 0.264 e. The van der Waals surface area contributed by atoms with Gasteiger partial charge in [-0.3, -0.25) is 9.10 Å². The van der Waals surface area contributed by atoms with Gasteiger partial charge >= 0.3 is 0 Å². The highest BCUT2D eigenvalue weighted by Crippen LogP contribution is 2.40. The lowest BCUT2D eigenvalue weighted by Gasteiger charge is -2.23. The van der Waals surface area contributed by atoms with Crippen molar-refractivity contribution in [1.29, 1.82) is 0 Å². The fourth-order valence-electron chi connectivity index (χ4n) is 3.81. The number of nitrogens with zero attached hydrogens (tertiary/aromatic N) is 2. The summed E-state index contributed by atoms with van der Waals surface area (Å²) in [5.74, 6) is 0.783. The summed E-state index contributed by atoms with van der Waals surface area (Å²) in [4.78, 5) is 14.7. The minimum absolute atomic E-state index is 0.0491. The highest BCUT2D eigenvalue weighted by Gasteiger charge is 2.40. The second kappa shape index (κ2) is 6.81. The summed E-state index contributed by atoms with van der Waals surface area (Å²) in [6, 6.07) is 12.1. The number of benzene rings is 2. The van der Waals surface area contributed by atoms with Gasteiger partial charge in [-0.2, -0.15) is 0 Å². The van der Waals surface area contributed by atoms with Crippen LogP contribution in [0.2, 0.25) is 0 Å². The van der Waals surface area contributed by atoms with Gasteiger partial charge in [0.2, 0.25) is 5.91 Å². The van der Waals surface area contributed by atoms with Crippen molar-refractivity contribution in [2.45, 2.75) is 37.1 Å². The Balaban J connectivity index is 1.68. The number of amides is 1. The van der Waals surface area contributed by atoms with Gasteiger partial charge in [0.15, 0.2) is 0 Å². The van der Waals surface area contributed by atoms with E-state index in [0.29, 0.717) is 17.9 Å². The van der Waals surface area contributed by atoms with Crippen LogP contribution in [0.5, 0.6) is 5.75 Å². The first kappa shape index (κ1) is 18.8. The third kappa shape index (κ3) is 3.03. The van der Waals surface area contributed by atoms with E-state index in [-0.39, 0.29) is 22.8 Å². The lowest BCUT2D eigenvalue weighted by atomic mass is 10.1. The number of fused-ring (bicyclic) bond motifs is 1. The van der Waals surface area contributed by atoms with Crippen LogP contribution in [0.1, 0.15) is 25.3 Å². The smallest absolute Gasteiger partial charge is 0.264 e. The van der Waals surface area contributed by atoms with Crippen LogP contribution in [0.4, 0.5) is 11.4 Å².